The van der Waals surface area contributed by atoms with Crippen LogP contribution in [0.5, 0.6) is 0 Å². The maximum Gasteiger partial charge on any atom is 0.306 e. The van der Waals surface area contributed by atoms with Crippen LogP contribution in [-0.2, 0) is 23.4 Å². The van der Waals surface area contributed by atoms with E-state index in [2.05, 4.69) is 16.9 Å². The molecule has 0 saturated carbocycles. The summed E-state index contributed by atoms with van der Waals surface area (Å²) in [5, 5.41) is 9.11. The van der Waals surface area contributed by atoms with E-state index in [9.17, 15) is 4.79 Å². The molecule has 0 spiro atoms. The molecule has 2 rings (SSSR count). The molecule has 1 N–H and O–H groups in total. The van der Waals surface area contributed by atoms with Crippen LogP contribution in [-0.4, -0.2) is 26.8 Å². The zero-order valence-corrected chi connectivity index (χ0v) is 12.3. The van der Waals surface area contributed by atoms with E-state index < -0.39 is 5.97 Å². The maximum atomic E-state index is 11.1. The Labute approximate surface area is 118 Å². The van der Waals surface area contributed by atoms with Crippen molar-refractivity contribution < 1.29 is 9.90 Å². The third-order valence-corrected chi connectivity index (χ3v) is 4.61. The largest absolute Gasteiger partial charge is 0.481 e. The molecule has 1 unspecified atom stereocenters. The van der Waals surface area contributed by atoms with Crippen molar-refractivity contribution in [2.75, 3.05) is 5.75 Å². The number of fused-ring (bicyclic) bond motifs is 1. The van der Waals surface area contributed by atoms with E-state index in [1.165, 1.54) is 0 Å². The van der Waals surface area contributed by atoms with Gasteiger partial charge in [-0.3, -0.25) is 4.79 Å². The van der Waals surface area contributed by atoms with Crippen LogP contribution in [0.15, 0.2) is 0 Å². The molecule has 1 heterocycles. The molecule has 0 aliphatic heterocycles. The molecule has 5 heteroatoms. The first-order valence-corrected chi connectivity index (χ1v) is 7.93. The highest BCUT2D eigenvalue weighted by atomic mass is 32.2. The highest BCUT2D eigenvalue weighted by Crippen LogP contribution is 2.27. The number of hydrogen-bond acceptors (Lipinski definition) is 4. The summed E-state index contributed by atoms with van der Waals surface area (Å²) >= 11 is 1.85. The number of hydrogen-bond donors (Lipinski definition) is 1. The van der Waals surface area contributed by atoms with Crippen molar-refractivity contribution in [3.05, 3.63) is 22.8 Å². The number of carboxylic acid groups (broad SMARTS) is 1. The third kappa shape index (κ3) is 3.47. The van der Waals surface area contributed by atoms with Crippen LogP contribution in [0.3, 0.4) is 0 Å². The van der Waals surface area contributed by atoms with Crippen molar-refractivity contribution in [2.45, 2.75) is 45.3 Å². The van der Waals surface area contributed by atoms with Gasteiger partial charge in [0.1, 0.15) is 5.82 Å². The van der Waals surface area contributed by atoms with Crippen molar-refractivity contribution in [3.63, 3.8) is 0 Å². The lowest BCUT2D eigenvalue weighted by molar-refractivity contribution is -0.142. The second-order valence-corrected chi connectivity index (χ2v) is 6.09. The Kier molecular flexibility index (Phi) is 4.80. The van der Waals surface area contributed by atoms with Crippen LogP contribution in [0.4, 0.5) is 0 Å². The summed E-state index contributed by atoms with van der Waals surface area (Å²) in [7, 11) is 0. The molecule has 0 aromatic carbocycles. The Bertz CT molecular complexity index is 477. The van der Waals surface area contributed by atoms with Gasteiger partial charge < -0.3 is 5.11 Å². The van der Waals surface area contributed by atoms with E-state index in [-0.39, 0.29) is 5.92 Å². The molecule has 1 aromatic rings. The molecule has 0 saturated heterocycles. The van der Waals surface area contributed by atoms with Crippen LogP contribution < -0.4 is 0 Å². The van der Waals surface area contributed by atoms with Gasteiger partial charge >= 0.3 is 5.97 Å². The van der Waals surface area contributed by atoms with Crippen molar-refractivity contribution in [1.29, 1.82) is 0 Å². The summed E-state index contributed by atoms with van der Waals surface area (Å²) in [6, 6.07) is 0. The molecule has 4 nitrogen and oxygen atoms in total. The molecule has 1 atom stereocenters. The molecule has 1 aliphatic rings. The Morgan fingerprint density at radius 1 is 1.47 bits per heavy atom. The fourth-order valence-electron chi connectivity index (χ4n) is 2.43. The van der Waals surface area contributed by atoms with E-state index in [0.29, 0.717) is 12.8 Å². The van der Waals surface area contributed by atoms with Gasteiger partial charge in [0.2, 0.25) is 0 Å². The molecular weight excluding hydrogens is 260 g/mol. The quantitative estimate of drug-likeness (QED) is 0.840. The number of carboxylic acids is 1. The highest BCUT2D eigenvalue weighted by molar-refractivity contribution is 7.98. The van der Waals surface area contributed by atoms with Gasteiger partial charge in [-0.1, -0.05) is 6.92 Å². The van der Waals surface area contributed by atoms with Gasteiger partial charge in [0.15, 0.2) is 0 Å². The zero-order chi connectivity index (χ0) is 13.8. The van der Waals surface area contributed by atoms with Crippen molar-refractivity contribution in [2.24, 2.45) is 5.92 Å². The van der Waals surface area contributed by atoms with E-state index in [0.717, 1.165) is 47.1 Å². The predicted octanol–water partition coefficient (Wildman–Crippen LogP) is 2.62. The van der Waals surface area contributed by atoms with Gasteiger partial charge in [0.25, 0.3) is 0 Å². The molecule has 1 aliphatic carbocycles. The number of aryl methyl sites for hydroxylation is 2. The molecule has 0 radical (unpaired) electrons. The van der Waals surface area contributed by atoms with Crippen LogP contribution in [0.2, 0.25) is 0 Å². The summed E-state index contributed by atoms with van der Waals surface area (Å²) in [6.45, 7) is 4.14. The van der Waals surface area contributed by atoms with Crippen molar-refractivity contribution >= 4 is 17.7 Å². The Balaban J connectivity index is 2.14. The minimum Gasteiger partial charge on any atom is -0.481 e. The minimum atomic E-state index is -0.701. The topological polar surface area (TPSA) is 63.1 Å². The summed E-state index contributed by atoms with van der Waals surface area (Å²) in [4.78, 5) is 20.2. The van der Waals surface area contributed by atoms with E-state index >= 15 is 0 Å². The maximum absolute atomic E-state index is 11.1. The van der Waals surface area contributed by atoms with Gasteiger partial charge in [-0.15, -0.1) is 0 Å². The normalized spacial score (nSPS) is 18.1. The summed E-state index contributed by atoms with van der Waals surface area (Å²) in [6.07, 6.45) is 3.20. The van der Waals surface area contributed by atoms with Crippen LogP contribution >= 0.6 is 11.8 Å². The SMILES string of the molecule is CCCSCc1nc(C)c2c(n1)CCC(C(=O)O)C2. The van der Waals surface area contributed by atoms with Crippen molar-refractivity contribution in [1.82, 2.24) is 9.97 Å². The Morgan fingerprint density at radius 3 is 2.95 bits per heavy atom. The first-order valence-electron chi connectivity index (χ1n) is 6.77. The number of rotatable bonds is 5. The van der Waals surface area contributed by atoms with Gasteiger partial charge in [-0.2, -0.15) is 11.8 Å². The lowest BCUT2D eigenvalue weighted by atomic mass is 9.86. The number of nitrogens with zero attached hydrogens (tertiary/aromatic N) is 2. The molecule has 104 valence electrons. The second kappa shape index (κ2) is 6.37. The van der Waals surface area contributed by atoms with Gasteiger partial charge in [0, 0.05) is 11.4 Å². The second-order valence-electron chi connectivity index (χ2n) is 4.98. The average Bonchev–Trinajstić information content (AvgIpc) is 2.38. The number of carbonyl (C=O) groups is 1. The molecule has 0 fully saturated rings. The fourth-order valence-corrected chi connectivity index (χ4v) is 3.18. The number of aromatic nitrogens is 2. The Hall–Kier alpha value is -1.10. The van der Waals surface area contributed by atoms with E-state index in [1.807, 2.05) is 18.7 Å². The molecule has 1 aromatic heterocycles. The lowest BCUT2D eigenvalue weighted by Crippen LogP contribution is -2.24. The Morgan fingerprint density at radius 2 is 2.26 bits per heavy atom. The third-order valence-electron chi connectivity index (χ3n) is 3.45. The summed E-state index contributed by atoms with van der Waals surface area (Å²) in [5.41, 5.74) is 3.09. The van der Waals surface area contributed by atoms with Gasteiger partial charge in [-0.25, -0.2) is 9.97 Å². The smallest absolute Gasteiger partial charge is 0.306 e. The van der Waals surface area contributed by atoms with Gasteiger partial charge in [-0.05, 0) is 43.9 Å². The van der Waals surface area contributed by atoms with Crippen LogP contribution in [0.25, 0.3) is 0 Å². The van der Waals surface area contributed by atoms with Gasteiger partial charge in [0.05, 0.1) is 11.7 Å². The number of aliphatic carboxylic acids is 1. The van der Waals surface area contributed by atoms with E-state index in [4.69, 9.17) is 5.11 Å². The van der Waals surface area contributed by atoms with Crippen LogP contribution in [0.1, 0.15) is 42.5 Å². The lowest BCUT2D eigenvalue weighted by Gasteiger charge is -2.22. The summed E-state index contributed by atoms with van der Waals surface area (Å²) < 4.78 is 0. The molecule has 19 heavy (non-hydrogen) atoms. The highest BCUT2D eigenvalue weighted by Gasteiger charge is 2.27. The number of thioether (sulfide) groups is 1. The van der Waals surface area contributed by atoms with Crippen LogP contribution in [0, 0.1) is 12.8 Å². The standard InChI is InChI=1S/C14H20N2O2S/c1-3-6-19-8-13-15-9(2)11-7-10(14(17)18)4-5-12(11)16-13/h10H,3-8H2,1-2H3,(H,17,18). The molecular formula is C14H20N2O2S. The fraction of sp³-hybridized carbons (Fsp3) is 0.643. The minimum absolute atomic E-state index is 0.268. The first kappa shape index (κ1) is 14.3. The monoisotopic (exact) mass is 280 g/mol. The zero-order valence-electron chi connectivity index (χ0n) is 11.5. The molecule has 0 bridgehead atoms. The van der Waals surface area contributed by atoms with E-state index in [1.54, 1.807) is 0 Å². The predicted molar refractivity (Wildman–Crippen MR) is 76.4 cm³/mol. The molecule has 0 amide bonds. The summed E-state index contributed by atoms with van der Waals surface area (Å²) in [5.74, 6) is 1.90. The average molecular weight is 280 g/mol. The first-order chi connectivity index (χ1) is 9.11. The van der Waals surface area contributed by atoms with Crippen molar-refractivity contribution in [3.8, 4) is 0 Å².